The zero-order valence-corrected chi connectivity index (χ0v) is 21.0. The molecule has 0 aromatic carbocycles. The minimum atomic E-state index is -3.93. The molecule has 1 aliphatic rings. The predicted molar refractivity (Wildman–Crippen MR) is 126 cm³/mol. The van der Waals surface area contributed by atoms with Crippen molar-refractivity contribution in [3.8, 4) is 0 Å². The van der Waals surface area contributed by atoms with Crippen molar-refractivity contribution in [3.63, 3.8) is 0 Å². The molecule has 33 heavy (non-hydrogen) atoms. The van der Waals surface area contributed by atoms with Crippen LogP contribution in [0.2, 0.25) is 0 Å². The Labute approximate surface area is 196 Å². The third-order valence-corrected chi connectivity index (χ3v) is 9.87. The Morgan fingerprint density at radius 3 is 2.55 bits per heavy atom. The van der Waals surface area contributed by atoms with E-state index in [0.717, 1.165) is 21.2 Å². The zero-order valence-electron chi connectivity index (χ0n) is 18.5. The number of anilines is 1. The Morgan fingerprint density at radius 2 is 1.94 bits per heavy atom. The maximum atomic E-state index is 12.8. The van der Waals surface area contributed by atoms with E-state index in [0.29, 0.717) is 26.1 Å². The largest absolute Gasteiger partial charge is 0.504 e. The Morgan fingerprint density at radius 1 is 1.24 bits per heavy atom. The summed E-state index contributed by atoms with van der Waals surface area (Å²) in [6, 6.07) is 4.71. The zero-order chi connectivity index (χ0) is 24.2. The predicted octanol–water partition coefficient (Wildman–Crippen LogP) is 3.84. The number of aliphatic hydroxyl groups excluding tert-OH is 1. The van der Waals surface area contributed by atoms with Crippen molar-refractivity contribution in [1.82, 2.24) is 9.29 Å². The van der Waals surface area contributed by atoms with Crippen molar-refractivity contribution in [2.45, 2.75) is 31.6 Å². The van der Waals surface area contributed by atoms with Crippen LogP contribution in [-0.2, 0) is 34.9 Å². The molecule has 1 aliphatic heterocycles. The Balaban J connectivity index is 1.66. The number of aromatic nitrogens is 1. The molecule has 0 spiro atoms. The maximum absolute atomic E-state index is 12.8. The van der Waals surface area contributed by atoms with E-state index in [9.17, 15) is 22.9 Å². The molecule has 0 saturated carbocycles. The summed E-state index contributed by atoms with van der Waals surface area (Å²) in [7, 11) is -5.82. The number of nitrogens with one attached hydrogen (secondary N) is 1. The van der Waals surface area contributed by atoms with E-state index in [1.54, 1.807) is 32.2 Å². The summed E-state index contributed by atoms with van der Waals surface area (Å²) in [6.07, 6.45) is 3.00. The summed E-state index contributed by atoms with van der Waals surface area (Å²) in [5.74, 6) is -1.01. The lowest BCUT2D eigenvalue weighted by molar-refractivity contribution is -0.113. The van der Waals surface area contributed by atoms with Gasteiger partial charge in [-0.05, 0) is 49.8 Å². The topological polar surface area (TPSA) is 135 Å². The molecule has 180 valence electrons. The van der Waals surface area contributed by atoms with Crippen molar-refractivity contribution in [1.29, 1.82) is 0 Å². The number of likely N-dealkylation sites (N-methyl/N-ethyl adjacent to an activating group) is 1. The number of sulfonamides is 1. The highest BCUT2D eigenvalue weighted by Gasteiger charge is 2.38. The minimum Gasteiger partial charge on any atom is -0.504 e. The van der Waals surface area contributed by atoms with Crippen LogP contribution in [0.3, 0.4) is 0 Å². The summed E-state index contributed by atoms with van der Waals surface area (Å²) in [6.45, 7) is 4.14. The van der Waals surface area contributed by atoms with Crippen molar-refractivity contribution in [3.05, 3.63) is 45.9 Å². The Bertz CT molecular complexity index is 1180. The second-order valence-corrected chi connectivity index (χ2v) is 12.1. The molecule has 0 fully saturated rings. The van der Waals surface area contributed by atoms with Gasteiger partial charge in [-0.1, -0.05) is 6.07 Å². The number of hydrogen-bond donors (Lipinski definition) is 2. The number of pyridine rings is 1. The second-order valence-electron chi connectivity index (χ2n) is 7.06. The first kappa shape index (κ1) is 25.4. The van der Waals surface area contributed by atoms with Gasteiger partial charge in [0.1, 0.15) is 10.7 Å². The molecule has 2 aromatic rings. The van der Waals surface area contributed by atoms with Gasteiger partial charge in [-0.2, -0.15) is 0 Å². The summed E-state index contributed by atoms with van der Waals surface area (Å²) in [4.78, 5) is 17.0. The molecule has 0 saturated heterocycles. The number of hydrogen-bond acceptors (Lipinski definition) is 9. The monoisotopic (exact) mass is 515 g/mol. The lowest BCUT2D eigenvalue weighted by Gasteiger charge is -2.26. The molecule has 13 heteroatoms. The van der Waals surface area contributed by atoms with Crippen molar-refractivity contribution >= 4 is 46.4 Å². The molecule has 3 rings (SSSR count). The van der Waals surface area contributed by atoms with Crippen LogP contribution in [0.5, 0.6) is 0 Å². The van der Waals surface area contributed by atoms with Crippen LogP contribution in [0.15, 0.2) is 40.4 Å². The van der Waals surface area contributed by atoms with Gasteiger partial charge in [-0.3, -0.25) is 13.7 Å². The minimum absolute atomic E-state index is 0.0373. The van der Waals surface area contributed by atoms with Crippen molar-refractivity contribution in [2.75, 3.05) is 31.7 Å². The summed E-state index contributed by atoms with van der Waals surface area (Å²) >= 11 is 1.04. The maximum Gasteiger partial charge on any atom is 0.330 e. The molecule has 3 heterocycles. The number of thiophene rings is 1. The van der Waals surface area contributed by atoms with Gasteiger partial charge in [0, 0.05) is 13.2 Å². The van der Waals surface area contributed by atoms with Gasteiger partial charge in [0.05, 0.1) is 24.3 Å². The van der Waals surface area contributed by atoms with Gasteiger partial charge < -0.3 is 19.5 Å². The third-order valence-electron chi connectivity index (χ3n) is 4.85. The number of rotatable bonds is 10. The molecule has 2 N–H and O–H groups in total. The normalized spacial score (nSPS) is 15.4. The first-order valence-corrected chi connectivity index (χ1v) is 14.3. The van der Waals surface area contributed by atoms with Crippen molar-refractivity contribution < 1.29 is 31.9 Å². The lowest BCUT2D eigenvalue weighted by atomic mass is 10.2. The molecule has 0 radical (unpaired) electrons. The van der Waals surface area contributed by atoms with Crippen LogP contribution < -0.4 is 5.32 Å². The van der Waals surface area contributed by atoms with Crippen LogP contribution in [0.4, 0.5) is 5.82 Å². The number of amides is 1. The van der Waals surface area contributed by atoms with Crippen LogP contribution in [0.1, 0.15) is 30.7 Å². The third kappa shape index (κ3) is 5.47. The number of fused-ring (bicyclic) bond motifs is 1. The fraction of sp³-hybridized carbons (Fsp3) is 0.400. The molecule has 2 aromatic heterocycles. The quantitative estimate of drug-likeness (QED) is 0.456. The van der Waals surface area contributed by atoms with Gasteiger partial charge in [-0.15, -0.1) is 11.3 Å². The molecule has 0 aliphatic carbocycles. The van der Waals surface area contributed by atoms with Crippen LogP contribution in [0.25, 0.3) is 5.76 Å². The van der Waals surface area contributed by atoms with Crippen molar-refractivity contribution in [2.24, 2.45) is 0 Å². The van der Waals surface area contributed by atoms with Crippen LogP contribution >= 0.6 is 18.9 Å². The molecule has 1 amide bonds. The van der Waals surface area contributed by atoms with Gasteiger partial charge in [0.2, 0.25) is 0 Å². The highest BCUT2D eigenvalue weighted by atomic mass is 32.2. The fourth-order valence-corrected chi connectivity index (χ4v) is 7.53. The highest BCUT2D eigenvalue weighted by molar-refractivity contribution is 7.89. The first-order chi connectivity index (χ1) is 15.6. The van der Waals surface area contributed by atoms with Crippen LogP contribution in [0, 0.1) is 0 Å². The molecule has 0 atom stereocenters. The number of carbonyl (C=O) groups excluding carboxylic acids is 1. The molecule has 10 nitrogen and oxygen atoms in total. The van der Waals surface area contributed by atoms with E-state index in [4.69, 9.17) is 9.05 Å². The Kier molecular flexibility index (Phi) is 7.96. The van der Waals surface area contributed by atoms with Gasteiger partial charge in [-0.25, -0.2) is 13.4 Å². The molecule has 0 unspecified atom stereocenters. The number of carbonyl (C=O) groups is 1. The summed E-state index contributed by atoms with van der Waals surface area (Å²) < 4.78 is 49.1. The first-order valence-electron chi connectivity index (χ1n) is 10.3. The highest BCUT2D eigenvalue weighted by Crippen LogP contribution is 2.48. The average molecular weight is 516 g/mol. The smallest absolute Gasteiger partial charge is 0.330 e. The SMILES string of the molecule is CCOP(=O)(CCCc1ccc(NC(=O)C2=C(O)c3sccc3S(=O)(=O)N2C)nc1)OCC. The standard InChI is InChI=1S/C20H26N3O7PS2/c1-4-29-31(26,30-5-2)11-6-7-14-8-9-16(21-13-14)22-20(25)17-18(24)19-15(10-12-32-19)33(27,28)23(17)3/h8-10,12-13,24H,4-7,11H2,1-3H3,(H,21,22,25). The summed E-state index contributed by atoms with van der Waals surface area (Å²) in [5, 5.41) is 14.6. The number of nitrogens with zero attached hydrogens (tertiary/aromatic N) is 2. The van der Waals surface area contributed by atoms with E-state index >= 15 is 0 Å². The second kappa shape index (κ2) is 10.4. The number of aryl methyl sites for hydroxylation is 1. The van der Waals surface area contributed by atoms with Gasteiger partial charge >= 0.3 is 7.60 Å². The Hall–Kier alpha value is -2.24. The average Bonchev–Trinajstić information content (AvgIpc) is 3.26. The lowest BCUT2D eigenvalue weighted by Crippen LogP contribution is -2.36. The summed E-state index contributed by atoms with van der Waals surface area (Å²) in [5.41, 5.74) is 0.480. The van der Waals surface area contributed by atoms with Gasteiger partial charge in [0.15, 0.2) is 11.5 Å². The molecular weight excluding hydrogens is 489 g/mol. The molecular formula is C20H26N3O7PS2. The number of aliphatic hydroxyl groups is 1. The van der Waals surface area contributed by atoms with E-state index in [2.05, 4.69) is 10.3 Å². The van der Waals surface area contributed by atoms with E-state index in [1.165, 1.54) is 18.5 Å². The van der Waals surface area contributed by atoms with E-state index in [-0.39, 0.29) is 27.4 Å². The van der Waals surface area contributed by atoms with Gasteiger partial charge in [0.25, 0.3) is 15.9 Å². The molecule has 0 bridgehead atoms. The fourth-order valence-electron chi connectivity index (χ4n) is 3.31. The van der Waals surface area contributed by atoms with Crippen LogP contribution in [-0.4, -0.2) is 55.1 Å². The van der Waals surface area contributed by atoms with E-state index in [1.807, 2.05) is 0 Å². The van der Waals surface area contributed by atoms with E-state index < -0.39 is 29.3 Å².